The van der Waals surface area contributed by atoms with Crippen molar-refractivity contribution >= 4 is 29.9 Å². The van der Waals surface area contributed by atoms with Gasteiger partial charge in [0.2, 0.25) is 0 Å². The summed E-state index contributed by atoms with van der Waals surface area (Å²) < 4.78 is 10.4. The maximum absolute atomic E-state index is 5.81. The zero-order valence-corrected chi connectivity index (χ0v) is 14.2. The van der Waals surface area contributed by atoms with E-state index < -0.39 is 0 Å². The molecule has 0 aromatic heterocycles. The van der Waals surface area contributed by atoms with Gasteiger partial charge in [-0.05, 0) is 36.5 Å². The summed E-state index contributed by atoms with van der Waals surface area (Å²) in [5, 5.41) is 3.14. The Bertz CT molecular complexity index is 462. The highest BCUT2D eigenvalue weighted by atomic mass is 127. The quantitative estimate of drug-likeness (QED) is 0.443. The Labute approximate surface area is 137 Å². The highest BCUT2D eigenvalue weighted by molar-refractivity contribution is 14.0. The Morgan fingerprint density at radius 2 is 2.00 bits per heavy atom. The second-order valence-corrected chi connectivity index (χ2v) is 4.72. The summed E-state index contributed by atoms with van der Waals surface area (Å²) in [5.41, 5.74) is 6.84. The number of rotatable bonds is 6. The van der Waals surface area contributed by atoms with E-state index in [1.54, 1.807) is 14.2 Å². The lowest BCUT2D eigenvalue weighted by molar-refractivity contribution is 0.354. The Morgan fingerprint density at radius 1 is 1.30 bits per heavy atom. The van der Waals surface area contributed by atoms with E-state index in [9.17, 15) is 0 Å². The maximum atomic E-state index is 5.81. The van der Waals surface area contributed by atoms with Crippen molar-refractivity contribution in [3.63, 3.8) is 0 Å². The number of guanidine groups is 1. The third-order valence-electron chi connectivity index (χ3n) is 3.15. The van der Waals surface area contributed by atoms with Crippen LogP contribution >= 0.6 is 24.0 Å². The zero-order chi connectivity index (χ0) is 13.7. The summed E-state index contributed by atoms with van der Waals surface area (Å²) in [7, 11) is 3.24. The van der Waals surface area contributed by atoms with Gasteiger partial charge in [0.1, 0.15) is 0 Å². The summed E-state index contributed by atoms with van der Waals surface area (Å²) in [6, 6.07) is 5.74. The Hall–Kier alpha value is -1.18. The van der Waals surface area contributed by atoms with Gasteiger partial charge in [-0.15, -0.1) is 24.0 Å². The van der Waals surface area contributed by atoms with Crippen molar-refractivity contribution in [3.8, 4) is 11.5 Å². The van der Waals surface area contributed by atoms with E-state index in [1.807, 2.05) is 18.2 Å². The van der Waals surface area contributed by atoms with Gasteiger partial charge in [-0.2, -0.15) is 0 Å². The number of hydrogen-bond donors (Lipinski definition) is 2. The normalized spacial score (nSPS) is 14.4. The lowest BCUT2D eigenvalue weighted by Crippen LogP contribution is -2.33. The average Bonchev–Trinajstić information content (AvgIpc) is 3.26. The highest BCUT2D eigenvalue weighted by Crippen LogP contribution is 2.28. The number of halogens is 1. The van der Waals surface area contributed by atoms with Crippen molar-refractivity contribution in [2.45, 2.75) is 19.4 Å². The molecule has 2 rings (SSSR count). The van der Waals surface area contributed by atoms with Crippen molar-refractivity contribution in [3.05, 3.63) is 23.8 Å². The van der Waals surface area contributed by atoms with Gasteiger partial charge in [0.25, 0.3) is 0 Å². The number of ether oxygens (including phenoxy) is 2. The topological polar surface area (TPSA) is 68.9 Å². The Morgan fingerprint density at radius 3 is 2.60 bits per heavy atom. The van der Waals surface area contributed by atoms with E-state index >= 15 is 0 Å². The summed E-state index contributed by atoms with van der Waals surface area (Å²) in [5.74, 6) is 2.71. The molecule has 1 aliphatic carbocycles. The number of benzene rings is 1. The molecular weight excluding hydrogens is 369 g/mol. The van der Waals surface area contributed by atoms with Gasteiger partial charge in [0, 0.05) is 6.54 Å². The molecule has 112 valence electrons. The fourth-order valence-electron chi connectivity index (χ4n) is 1.78. The first-order chi connectivity index (χ1) is 9.22. The molecule has 1 saturated carbocycles. The molecule has 3 N–H and O–H groups in total. The highest BCUT2D eigenvalue weighted by Gasteiger charge is 2.20. The first-order valence-electron chi connectivity index (χ1n) is 6.47. The Balaban J connectivity index is 0.00000200. The van der Waals surface area contributed by atoms with Crippen LogP contribution in [0.15, 0.2) is 23.2 Å². The summed E-state index contributed by atoms with van der Waals surface area (Å²) in [6.07, 6.45) is 2.60. The molecule has 0 spiro atoms. The van der Waals surface area contributed by atoms with Crippen LogP contribution in [0.3, 0.4) is 0 Å². The lowest BCUT2D eigenvalue weighted by Gasteiger charge is -2.09. The molecule has 0 unspecified atom stereocenters. The number of aliphatic imine (C=N–C) groups is 1. The third-order valence-corrected chi connectivity index (χ3v) is 3.15. The monoisotopic (exact) mass is 391 g/mol. The molecule has 0 aliphatic heterocycles. The van der Waals surface area contributed by atoms with Gasteiger partial charge in [0.15, 0.2) is 17.5 Å². The van der Waals surface area contributed by atoms with Crippen LogP contribution < -0.4 is 20.5 Å². The van der Waals surface area contributed by atoms with Crippen molar-refractivity contribution in [2.24, 2.45) is 16.6 Å². The molecule has 1 fully saturated rings. The molecule has 0 radical (unpaired) electrons. The maximum Gasteiger partial charge on any atom is 0.188 e. The smallest absolute Gasteiger partial charge is 0.188 e. The van der Waals surface area contributed by atoms with E-state index in [4.69, 9.17) is 15.2 Å². The minimum Gasteiger partial charge on any atom is -0.493 e. The number of nitrogens with one attached hydrogen (secondary N) is 1. The second kappa shape index (κ2) is 8.18. The standard InChI is InChI=1S/C14H21N3O2.HI/c1-18-12-6-5-11(7-13(12)19-2)9-17-14(15)16-8-10-3-4-10;/h5-7,10H,3-4,8-9H2,1-2H3,(H3,15,16,17);1H. The first kappa shape index (κ1) is 16.9. The minimum absolute atomic E-state index is 0. The number of methoxy groups -OCH3 is 2. The molecule has 0 bridgehead atoms. The summed E-state index contributed by atoms with van der Waals surface area (Å²) in [4.78, 5) is 4.31. The van der Waals surface area contributed by atoms with Crippen molar-refractivity contribution in [1.29, 1.82) is 0 Å². The van der Waals surface area contributed by atoms with Crippen LogP contribution in [0, 0.1) is 5.92 Å². The molecule has 1 aromatic carbocycles. The largest absolute Gasteiger partial charge is 0.493 e. The predicted molar refractivity (Wildman–Crippen MR) is 91.0 cm³/mol. The van der Waals surface area contributed by atoms with E-state index in [0.29, 0.717) is 18.3 Å². The number of hydrogen-bond acceptors (Lipinski definition) is 3. The van der Waals surface area contributed by atoms with E-state index in [-0.39, 0.29) is 24.0 Å². The average molecular weight is 391 g/mol. The molecule has 5 nitrogen and oxygen atoms in total. The number of nitrogens with zero attached hydrogens (tertiary/aromatic N) is 1. The van der Waals surface area contributed by atoms with E-state index in [0.717, 1.165) is 23.8 Å². The van der Waals surface area contributed by atoms with Gasteiger partial charge in [-0.25, -0.2) is 4.99 Å². The Kier molecular flexibility index (Phi) is 6.90. The van der Waals surface area contributed by atoms with Gasteiger partial charge in [-0.3, -0.25) is 0 Å². The molecular formula is C14H22IN3O2. The van der Waals surface area contributed by atoms with Crippen LogP contribution in [0.25, 0.3) is 0 Å². The second-order valence-electron chi connectivity index (χ2n) is 4.72. The summed E-state index contributed by atoms with van der Waals surface area (Å²) >= 11 is 0. The summed E-state index contributed by atoms with van der Waals surface area (Å²) in [6.45, 7) is 1.46. The van der Waals surface area contributed by atoms with E-state index in [2.05, 4.69) is 10.3 Å². The fourth-order valence-corrected chi connectivity index (χ4v) is 1.78. The lowest BCUT2D eigenvalue weighted by atomic mass is 10.2. The van der Waals surface area contributed by atoms with Crippen molar-refractivity contribution in [1.82, 2.24) is 5.32 Å². The molecule has 20 heavy (non-hydrogen) atoms. The van der Waals surface area contributed by atoms with Crippen LogP contribution in [-0.4, -0.2) is 26.7 Å². The first-order valence-corrected chi connectivity index (χ1v) is 6.47. The minimum atomic E-state index is 0. The molecule has 6 heteroatoms. The predicted octanol–water partition coefficient (Wildman–Crippen LogP) is 2.14. The molecule has 0 saturated heterocycles. The van der Waals surface area contributed by atoms with Gasteiger partial charge < -0.3 is 20.5 Å². The van der Waals surface area contributed by atoms with Crippen LogP contribution in [0.2, 0.25) is 0 Å². The van der Waals surface area contributed by atoms with Gasteiger partial charge in [0.05, 0.1) is 20.8 Å². The van der Waals surface area contributed by atoms with Crippen LogP contribution in [0.5, 0.6) is 11.5 Å². The molecule has 0 heterocycles. The third kappa shape index (κ3) is 5.07. The van der Waals surface area contributed by atoms with Crippen molar-refractivity contribution in [2.75, 3.05) is 20.8 Å². The van der Waals surface area contributed by atoms with Gasteiger partial charge >= 0.3 is 0 Å². The van der Waals surface area contributed by atoms with Gasteiger partial charge in [-0.1, -0.05) is 6.07 Å². The number of nitrogens with two attached hydrogens (primary N) is 1. The van der Waals surface area contributed by atoms with E-state index in [1.165, 1.54) is 12.8 Å². The van der Waals surface area contributed by atoms with Crippen molar-refractivity contribution < 1.29 is 9.47 Å². The zero-order valence-electron chi connectivity index (χ0n) is 11.9. The molecule has 0 atom stereocenters. The molecule has 1 aromatic rings. The SMILES string of the molecule is COc1ccc(CN=C(N)NCC2CC2)cc1OC.I. The fraction of sp³-hybridized carbons (Fsp3) is 0.500. The van der Waals surface area contributed by atoms with Crippen LogP contribution in [-0.2, 0) is 6.54 Å². The molecule has 0 amide bonds. The van der Waals surface area contributed by atoms with Crippen LogP contribution in [0.1, 0.15) is 18.4 Å². The molecule has 1 aliphatic rings. The van der Waals surface area contributed by atoms with Crippen LogP contribution in [0.4, 0.5) is 0 Å².